The minimum atomic E-state index is 0.260. The highest BCUT2D eigenvalue weighted by atomic mass is 35.5. The number of halogens is 2. The minimum absolute atomic E-state index is 0.260. The van der Waals surface area contributed by atoms with E-state index in [9.17, 15) is 0 Å². The number of hydrogen-bond donors (Lipinski definition) is 1. The fraction of sp³-hybridized carbons (Fsp3) is 0. The monoisotopic (exact) mass is 206 g/mol. The van der Waals surface area contributed by atoms with Crippen molar-refractivity contribution in [1.29, 1.82) is 0 Å². The molecule has 0 aromatic carbocycles. The molecule has 0 atom stereocenters. The lowest BCUT2D eigenvalue weighted by atomic mass is 10.3. The summed E-state index contributed by atoms with van der Waals surface area (Å²) in [5.74, 6) is 0. The Morgan fingerprint density at radius 2 is 1.82 bits per heavy atom. The normalized spacial score (nSPS) is 9.64. The molecular weight excluding hydrogens is 203 g/mol. The molecular formula is C6H4Cl2N2S. The van der Waals surface area contributed by atoms with E-state index in [1.807, 2.05) is 0 Å². The zero-order valence-corrected chi connectivity index (χ0v) is 7.67. The van der Waals surface area contributed by atoms with Crippen LogP contribution in [0.25, 0.3) is 0 Å². The second-order valence-electron chi connectivity index (χ2n) is 1.87. The first-order valence-corrected chi connectivity index (χ1v) is 3.89. The Labute approximate surface area is 79.3 Å². The molecule has 1 aromatic heterocycles. The third-order valence-corrected chi connectivity index (χ3v) is 1.67. The van der Waals surface area contributed by atoms with Crippen molar-refractivity contribution in [3.8, 4) is 0 Å². The van der Waals surface area contributed by atoms with Crippen molar-refractivity contribution in [1.82, 2.24) is 4.98 Å². The highest BCUT2D eigenvalue weighted by Gasteiger charge is 2.00. The molecule has 0 aliphatic heterocycles. The summed E-state index contributed by atoms with van der Waals surface area (Å²) < 4.78 is 0. The molecule has 58 valence electrons. The largest absolute Gasteiger partial charge is 0.389 e. The van der Waals surface area contributed by atoms with E-state index >= 15 is 0 Å². The summed E-state index contributed by atoms with van der Waals surface area (Å²) in [6.45, 7) is 0. The molecule has 0 fully saturated rings. The van der Waals surface area contributed by atoms with Gasteiger partial charge < -0.3 is 5.73 Å². The Kier molecular flexibility index (Phi) is 2.65. The summed E-state index contributed by atoms with van der Waals surface area (Å²) >= 11 is 15.9. The molecule has 2 N–H and O–H groups in total. The average Bonchev–Trinajstić information content (AvgIpc) is 1.85. The quantitative estimate of drug-likeness (QED) is 0.565. The maximum Gasteiger partial charge on any atom is 0.131 e. The van der Waals surface area contributed by atoms with E-state index in [1.165, 1.54) is 0 Å². The van der Waals surface area contributed by atoms with Gasteiger partial charge in [0.05, 0.1) is 0 Å². The van der Waals surface area contributed by atoms with Gasteiger partial charge in [-0.05, 0) is 12.1 Å². The highest BCUT2D eigenvalue weighted by Crippen LogP contribution is 2.14. The number of pyridine rings is 1. The number of hydrogen-bond acceptors (Lipinski definition) is 2. The number of nitrogens with zero attached hydrogens (tertiary/aromatic N) is 1. The fourth-order valence-electron chi connectivity index (χ4n) is 0.607. The molecule has 0 spiro atoms. The molecule has 1 heterocycles. The lowest BCUT2D eigenvalue weighted by Crippen LogP contribution is -2.09. The minimum Gasteiger partial charge on any atom is -0.389 e. The Hall–Kier alpha value is -0.380. The van der Waals surface area contributed by atoms with Crippen molar-refractivity contribution in [2.24, 2.45) is 5.73 Å². The van der Waals surface area contributed by atoms with Gasteiger partial charge in [-0.2, -0.15) is 0 Å². The molecule has 5 heteroatoms. The van der Waals surface area contributed by atoms with Crippen LogP contribution in [0.5, 0.6) is 0 Å². The Balaban J connectivity index is 3.19. The van der Waals surface area contributed by atoms with Crippen LogP contribution >= 0.6 is 35.4 Å². The van der Waals surface area contributed by atoms with Crippen molar-refractivity contribution >= 4 is 40.4 Å². The fourth-order valence-corrected chi connectivity index (χ4v) is 1.19. The zero-order valence-electron chi connectivity index (χ0n) is 5.34. The summed E-state index contributed by atoms with van der Waals surface area (Å²) in [4.78, 5) is 3.99. The van der Waals surface area contributed by atoms with Gasteiger partial charge in [-0.25, -0.2) is 4.98 Å². The molecule has 0 radical (unpaired) electrons. The average molecular weight is 207 g/mol. The van der Waals surface area contributed by atoms with Crippen LogP contribution in [0.3, 0.4) is 0 Å². The van der Waals surface area contributed by atoms with E-state index in [2.05, 4.69) is 4.98 Å². The van der Waals surface area contributed by atoms with E-state index in [0.717, 1.165) is 0 Å². The number of aromatic nitrogens is 1. The lowest BCUT2D eigenvalue weighted by Gasteiger charge is -1.98. The molecule has 0 saturated heterocycles. The second-order valence-corrected chi connectivity index (χ2v) is 3.08. The maximum absolute atomic E-state index is 5.58. The summed E-state index contributed by atoms with van der Waals surface area (Å²) in [5.41, 5.74) is 5.97. The van der Waals surface area contributed by atoms with Crippen LogP contribution in [-0.4, -0.2) is 9.97 Å². The van der Waals surface area contributed by atoms with Gasteiger partial charge in [-0.15, -0.1) is 0 Å². The van der Waals surface area contributed by atoms with Crippen molar-refractivity contribution in [2.75, 3.05) is 0 Å². The van der Waals surface area contributed by atoms with Crippen molar-refractivity contribution < 1.29 is 0 Å². The zero-order chi connectivity index (χ0) is 8.43. The highest BCUT2D eigenvalue weighted by molar-refractivity contribution is 7.80. The topological polar surface area (TPSA) is 38.9 Å². The Bertz CT molecular complexity index is 280. The van der Waals surface area contributed by atoms with E-state index in [0.29, 0.717) is 15.9 Å². The number of rotatable bonds is 1. The lowest BCUT2D eigenvalue weighted by molar-refractivity contribution is 1.32. The summed E-state index contributed by atoms with van der Waals surface area (Å²) in [6.07, 6.45) is 0. The van der Waals surface area contributed by atoms with Crippen molar-refractivity contribution in [2.45, 2.75) is 0 Å². The van der Waals surface area contributed by atoms with Crippen LogP contribution in [0.4, 0.5) is 0 Å². The van der Waals surface area contributed by atoms with Crippen LogP contribution in [-0.2, 0) is 0 Å². The SMILES string of the molecule is NC(=S)c1cc(Cl)nc(Cl)c1. The standard InChI is InChI=1S/C6H4Cl2N2S/c7-4-1-3(6(9)11)2-5(8)10-4/h1-2H,(H2,9,11). The second kappa shape index (κ2) is 3.34. The van der Waals surface area contributed by atoms with E-state index in [-0.39, 0.29) is 4.99 Å². The van der Waals surface area contributed by atoms with Gasteiger partial charge in [0.25, 0.3) is 0 Å². The number of nitrogens with two attached hydrogens (primary N) is 1. The third kappa shape index (κ3) is 2.29. The third-order valence-electron chi connectivity index (χ3n) is 1.05. The van der Waals surface area contributed by atoms with Crippen LogP contribution in [0.15, 0.2) is 12.1 Å². The molecule has 2 nitrogen and oxygen atoms in total. The molecule has 11 heavy (non-hydrogen) atoms. The summed E-state index contributed by atoms with van der Waals surface area (Å²) in [7, 11) is 0. The van der Waals surface area contributed by atoms with Crippen LogP contribution in [0.1, 0.15) is 5.56 Å². The molecule has 1 aromatic rings. The first-order chi connectivity index (χ1) is 5.09. The van der Waals surface area contributed by atoms with E-state index in [4.69, 9.17) is 41.2 Å². The van der Waals surface area contributed by atoms with Gasteiger partial charge in [-0.3, -0.25) is 0 Å². The Morgan fingerprint density at radius 3 is 2.18 bits per heavy atom. The maximum atomic E-state index is 5.58. The molecule has 0 saturated carbocycles. The van der Waals surface area contributed by atoms with Crippen molar-refractivity contribution in [3.63, 3.8) is 0 Å². The van der Waals surface area contributed by atoms with Crippen LogP contribution in [0, 0.1) is 0 Å². The Morgan fingerprint density at radius 1 is 1.36 bits per heavy atom. The first kappa shape index (κ1) is 8.71. The predicted molar refractivity (Wildman–Crippen MR) is 50.1 cm³/mol. The van der Waals surface area contributed by atoms with Gasteiger partial charge in [0.1, 0.15) is 15.3 Å². The van der Waals surface area contributed by atoms with Crippen molar-refractivity contribution in [3.05, 3.63) is 28.0 Å². The molecule has 0 amide bonds. The van der Waals surface area contributed by atoms with Crippen LogP contribution in [0.2, 0.25) is 10.3 Å². The number of thiocarbonyl (C=S) groups is 1. The van der Waals surface area contributed by atoms with Gasteiger partial charge in [0, 0.05) is 5.56 Å². The summed E-state index contributed by atoms with van der Waals surface area (Å²) in [6, 6.07) is 3.13. The molecule has 1 rings (SSSR count). The molecule has 0 aliphatic carbocycles. The predicted octanol–water partition coefficient (Wildman–Crippen LogP) is 2.02. The van der Waals surface area contributed by atoms with Crippen LogP contribution < -0.4 is 5.73 Å². The van der Waals surface area contributed by atoms with E-state index < -0.39 is 0 Å². The van der Waals surface area contributed by atoms with E-state index in [1.54, 1.807) is 12.1 Å². The molecule has 0 unspecified atom stereocenters. The molecule has 0 aliphatic rings. The smallest absolute Gasteiger partial charge is 0.131 e. The summed E-state index contributed by atoms with van der Waals surface area (Å²) in [5, 5.41) is 0.584. The van der Waals surface area contributed by atoms with Gasteiger partial charge in [-0.1, -0.05) is 35.4 Å². The van der Waals surface area contributed by atoms with Gasteiger partial charge in [0.2, 0.25) is 0 Å². The molecule has 0 bridgehead atoms. The first-order valence-electron chi connectivity index (χ1n) is 2.72. The van der Waals surface area contributed by atoms with Gasteiger partial charge in [0.15, 0.2) is 0 Å². The van der Waals surface area contributed by atoms with Gasteiger partial charge >= 0.3 is 0 Å².